The zero-order valence-corrected chi connectivity index (χ0v) is 8.60. The number of hydrogen-bond donors (Lipinski definition) is 1. The molecular formula is C7H11FO5S. The van der Waals surface area contributed by atoms with E-state index >= 15 is 0 Å². The summed E-state index contributed by atoms with van der Waals surface area (Å²) in [5.41, 5.74) is -3.65. The summed E-state index contributed by atoms with van der Waals surface area (Å²) in [6, 6.07) is 0. The van der Waals surface area contributed by atoms with Gasteiger partial charge in [-0.1, -0.05) is 0 Å². The van der Waals surface area contributed by atoms with Crippen molar-refractivity contribution in [3.63, 3.8) is 0 Å². The molecule has 0 saturated heterocycles. The Labute approximate surface area is 81.0 Å². The highest BCUT2D eigenvalue weighted by atomic mass is 32.2. The highest BCUT2D eigenvalue weighted by Gasteiger charge is 2.72. The lowest BCUT2D eigenvalue weighted by Gasteiger charge is -2.11. The molecule has 0 spiro atoms. The van der Waals surface area contributed by atoms with E-state index in [1.165, 1.54) is 6.92 Å². The van der Waals surface area contributed by atoms with Crippen LogP contribution in [0.4, 0.5) is 4.39 Å². The van der Waals surface area contributed by atoms with Crippen molar-refractivity contribution in [1.29, 1.82) is 0 Å². The highest BCUT2D eigenvalue weighted by molar-refractivity contribution is 7.85. The molecule has 0 radical (unpaired) electrons. The number of methoxy groups -OCH3 is 1. The molecule has 5 nitrogen and oxygen atoms in total. The zero-order valence-electron chi connectivity index (χ0n) is 7.78. The third kappa shape index (κ3) is 1.74. The number of ether oxygens (including phenoxy) is 1. The SMILES string of the molecule is COC(=O)[C@@]1(C)C[C@@]1(F)CS(=O)(=O)O. The molecule has 14 heavy (non-hydrogen) atoms. The average Bonchev–Trinajstić information content (AvgIpc) is 2.49. The summed E-state index contributed by atoms with van der Waals surface area (Å²) < 4.78 is 47.3. The maximum Gasteiger partial charge on any atom is 0.314 e. The topological polar surface area (TPSA) is 80.7 Å². The van der Waals surface area contributed by atoms with Crippen molar-refractivity contribution in [3.8, 4) is 0 Å². The summed E-state index contributed by atoms with van der Waals surface area (Å²) in [4.78, 5) is 11.1. The number of carbonyl (C=O) groups excluding carboxylic acids is 1. The van der Waals surface area contributed by atoms with Crippen LogP contribution in [0.5, 0.6) is 0 Å². The summed E-state index contributed by atoms with van der Waals surface area (Å²) in [7, 11) is -3.32. The van der Waals surface area contributed by atoms with E-state index in [1.54, 1.807) is 0 Å². The van der Waals surface area contributed by atoms with Gasteiger partial charge >= 0.3 is 5.97 Å². The van der Waals surface area contributed by atoms with Crippen LogP contribution in [0.2, 0.25) is 0 Å². The number of rotatable bonds is 3. The summed E-state index contributed by atoms with van der Waals surface area (Å²) in [5.74, 6) is -1.87. The van der Waals surface area contributed by atoms with E-state index in [0.29, 0.717) is 0 Å². The van der Waals surface area contributed by atoms with Crippen molar-refractivity contribution in [2.45, 2.75) is 19.0 Å². The van der Waals surface area contributed by atoms with Crippen molar-refractivity contribution >= 4 is 16.1 Å². The Hall–Kier alpha value is -0.690. The molecule has 0 aromatic rings. The largest absolute Gasteiger partial charge is 0.469 e. The molecule has 82 valence electrons. The molecule has 0 unspecified atom stereocenters. The first-order valence-electron chi connectivity index (χ1n) is 3.87. The van der Waals surface area contributed by atoms with E-state index in [2.05, 4.69) is 4.74 Å². The Morgan fingerprint density at radius 1 is 1.64 bits per heavy atom. The van der Waals surface area contributed by atoms with Crippen LogP contribution in [0.1, 0.15) is 13.3 Å². The van der Waals surface area contributed by atoms with Gasteiger partial charge in [-0.15, -0.1) is 0 Å². The molecule has 0 bridgehead atoms. The van der Waals surface area contributed by atoms with Gasteiger partial charge in [-0.05, 0) is 6.92 Å². The molecule has 7 heteroatoms. The first kappa shape index (κ1) is 11.4. The van der Waals surface area contributed by atoms with Crippen LogP contribution < -0.4 is 0 Å². The quantitative estimate of drug-likeness (QED) is 0.548. The standard InChI is InChI=1S/C7H11FO5S/c1-6(5(9)13-2)3-7(6,8)4-14(10,11)12/h3-4H2,1-2H3,(H,10,11,12)/t6-,7-/m1/s1. The van der Waals surface area contributed by atoms with Crippen molar-refractivity contribution in [1.82, 2.24) is 0 Å². The minimum absolute atomic E-state index is 0.244. The fourth-order valence-corrected chi connectivity index (χ4v) is 2.49. The minimum atomic E-state index is -4.41. The van der Waals surface area contributed by atoms with E-state index in [0.717, 1.165) is 7.11 Å². The fraction of sp³-hybridized carbons (Fsp3) is 0.857. The third-order valence-corrected chi connectivity index (χ3v) is 3.37. The molecule has 1 rings (SSSR count). The smallest absolute Gasteiger partial charge is 0.314 e. The molecule has 0 aromatic heterocycles. The van der Waals surface area contributed by atoms with E-state index in [-0.39, 0.29) is 6.42 Å². The number of alkyl halides is 1. The zero-order chi connectivity index (χ0) is 11.2. The lowest BCUT2D eigenvalue weighted by atomic mass is 10.1. The Balaban J connectivity index is 2.81. The van der Waals surface area contributed by atoms with Gasteiger partial charge in [0, 0.05) is 6.42 Å². The number of esters is 1. The molecule has 0 amide bonds. The van der Waals surface area contributed by atoms with Gasteiger partial charge in [0.15, 0.2) is 0 Å². The van der Waals surface area contributed by atoms with Crippen LogP contribution in [0, 0.1) is 5.41 Å². The van der Waals surface area contributed by atoms with E-state index in [1.807, 2.05) is 0 Å². The van der Waals surface area contributed by atoms with Crippen molar-refractivity contribution in [2.75, 3.05) is 12.9 Å². The van der Waals surface area contributed by atoms with Gasteiger partial charge < -0.3 is 4.74 Å². The second kappa shape index (κ2) is 2.90. The van der Waals surface area contributed by atoms with Crippen LogP contribution in [0.3, 0.4) is 0 Å². The lowest BCUT2D eigenvalue weighted by Crippen LogP contribution is -2.29. The van der Waals surface area contributed by atoms with Crippen LogP contribution in [-0.2, 0) is 19.6 Å². The molecular weight excluding hydrogens is 215 g/mol. The van der Waals surface area contributed by atoms with Gasteiger partial charge in [0.05, 0.1) is 7.11 Å². The maximum atomic E-state index is 13.6. The molecule has 0 aromatic carbocycles. The highest BCUT2D eigenvalue weighted by Crippen LogP contribution is 2.60. The fourth-order valence-electron chi connectivity index (χ4n) is 1.50. The Bertz CT molecular complexity index is 364. The molecule has 1 aliphatic carbocycles. The number of hydrogen-bond acceptors (Lipinski definition) is 4. The predicted octanol–water partition coefficient (Wildman–Crippen LogP) is 0.166. The van der Waals surface area contributed by atoms with Crippen LogP contribution in [0.25, 0.3) is 0 Å². The van der Waals surface area contributed by atoms with Crippen LogP contribution >= 0.6 is 0 Å². The van der Waals surface area contributed by atoms with Crippen LogP contribution in [-0.4, -0.2) is 37.5 Å². The van der Waals surface area contributed by atoms with Crippen molar-refractivity contribution in [3.05, 3.63) is 0 Å². The Kier molecular flexibility index (Phi) is 2.36. The lowest BCUT2D eigenvalue weighted by molar-refractivity contribution is -0.148. The first-order valence-corrected chi connectivity index (χ1v) is 5.48. The summed E-state index contributed by atoms with van der Waals surface area (Å²) in [6.45, 7) is 1.27. The molecule has 1 aliphatic rings. The normalized spacial score (nSPS) is 36.6. The first-order chi connectivity index (χ1) is 6.15. The van der Waals surface area contributed by atoms with Gasteiger partial charge in [0.25, 0.3) is 10.1 Å². The molecule has 1 saturated carbocycles. The van der Waals surface area contributed by atoms with Crippen LogP contribution in [0.15, 0.2) is 0 Å². The van der Waals surface area contributed by atoms with Gasteiger partial charge in [-0.25, -0.2) is 4.39 Å². The molecule has 1 fully saturated rings. The minimum Gasteiger partial charge on any atom is -0.469 e. The van der Waals surface area contributed by atoms with Crippen molar-refractivity contribution in [2.24, 2.45) is 5.41 Å². The van der Waals surface area contributed by atoms with Gasteiger partial charge in [0.2, 0.25) is 0 Å². The van der Waals surface area contributed by atoms with Gasteiger partial charge in [-0.3, -0.25) is 9.35 Å². The Morgan fingerprint density at radius 3 is 2.50 bits per heavy atom. The number of halogens is 1. The third-order valence-electron chi connectivity index (χ3n) is 2.54. The van der Waals surface area contributed by atoms with E-state index < -0.39 is 32.9 Å². The molecule has 0 aliphatic heterocycles. The van der Waals surface area contributed by atoms with Crippen molar-refractivity contribution < 1.29 is 26.9 Å². The number of carbonyl (C=O) groups is 1. The van der Waals surface area contributed by atoms with E-state index in [4.69, 9.17) is 4.55 Å². The van der Waals surface area contributed by atoms with E-state index in [9.17, 15) is 17.6 Å². The molecule has 1 N–H and O–H groups in total. The van der Waals surface area contributed by atoms with Gasteiger partial charge in [0.1, 0.15) is 16.8 Å². The van der Waals surface area contributed by atoms with Gasteiger partial charge in [-0.2, -0.15) is 8.42 Å². The summed E-state index contributed by atoms with van der Waals surface area (Å²) in [5, 5.41) is 0. The average molecular weight is 226 g/mol. The maximum absolute atomic E-state index is 13.6. The predicted molar refractivity (Wildman–Crippen MR) is 45.0 cm³/mol. The second-order valence-corrected chi connectivity index (χ2v) is 5.14. The molecule has 0 heterocycles. The summed E-state index contributed by atoms with van der Waals surface area (Å²) >= 11 is 0. The monoisotopic (exact) mass is 226 g/mol. The second-order valence-electron chi connectivity index (χ2n) is 3.69. The summed E-state index contributed by atoms with van der Waals surface area (Å²) in [6.07, 6.45) is -0.244. The Morgan fingerprint density at radius 2 is 2.14 bits per heavy atom. The molecule has 2 atom stereocenters.